The molecule has 3 aromatic rings. The number of rotatable bonds is 9. The summed E-state index contributed by atoms with van der Waals surface area (Å²) >= 11 is 0. The van der Waals surface area contributed by atoms with Crippen LogP contribution in [0.5, 0.6) is 17.2 Å². The molecule has 0 unspecified atom stereocenters. The van der Waals surface area contributed by atoms with E-state index in [4.69, 9.17) is 15.2 Å². The zero-order valence-electron chi connectivity index (χ0n) is 17.2. The Hall–Kier alpha value is -4.00. The van der Waals surface area contributed by atoms with Gasteiger partial charge in [-0.3, -0.25) is 4.79 Å². The Balaban J connectivity index is 1.67. The van der Waals surface area contributed by atoms with Crippen LogP contribution in [0.15, 0.2) is 78.9 Å². The number of para-hydroxylation sites is 1. The summed E-state index contributed by atoms with van der Waals surface area (Å²) in [5, 5.41) is 5.50. The number of benzene rings is 3. The molecule has 0 fully saturated rings. The van der Waals surface area contributed by atoms with Crippen LogP contribution in [0.2, 0.25) is 0 Å². The number of hydrogen-bond acceptors (Lipinski definition) is 4. The molecule has 3 aromatic carbocycles. The third kappa shape index (κ3) is 6.78. The molecule has 7 nitrogen and oxygen atoms in total. The smallest absolute Gasteiger partial charge is 0.312 e. The van der Waals surface area contributed by atoms with Gasteiger partial charge in [-0.1, -0.05) is 42.5 Å². The predicted octanol–water partition coefficient (Wildman–Crippen LogP) is 3.90. The lowest BCUT2D eigenvalue weighted by atomic mass is 10.0. The lowest BCUT2D eigenvalue weighted by Gasteiger charge is -2.19. The Morgan fingerprint density at radius 1 is 0.903 bits per heavy atom. The van der Waals surface area contributed by atoms with Crippen molar-refractivity contribution in [2.75, 3.05) is 7.11 Å². The lowest BCUT2D eigenvalue weighted by molar-refractivity contribution is -0.121. The third-order valence-electron chi connectivity index (χ3n) is 4.57. The average Bonchev–Trinajstić information content (AvgIpc) is 2.78. The van der Waals surface area contributed by atoms with Gasteiger partial charge in [0.2, 0.25) is 5.91 Å². The van der Waals surface area contributed by atoms with Crippen LogP contribution in [0, 0.1) is 0 Å². The molecule has 0 aliphatic heterocycles. The third-order valence-corrected chi connectivity index (χ3v) is 4.57. The standard InChI is InChI=1S/C24H25N3O4/c1-30-20-11-5-7-17(13-20)16-26-23(28)15-22(27-24(25)29)18-8-6-12-21(14-18)31-19-9-3-2-4-10-19/h2-14,22H,15-16H2,1H3,(H,26,28)(H3,25,27,29)/t22-/m0/s1. The molecule has 0 aliphatic carbocycles. The Morgan fingerprint density at radius 3 is 2.35 bits per heavy atom. The van der Waals surface area contributed by atoms with Gasteiger partial charge in [0.25, 0.3) is 0 Å². The number of urea groups is 1. The summed E-state index contributed by atoms with van der Waals surface area (Å²) in [6.45, 7) is 0.344. The number of methoxy groups -OCH3 is 1. The highest BCUT2D eigenvalue weighted by molar-refractivity contribution is 5.78. The fraction of sp³-hybridized carbons (Fsp3) is 0.167. The van der Waals surface area contributed by atoms with Gasteiger partial charge in [-0.2, -0.15) is 0 Å². The van der Waals surface area contributed by atoms with Crippen molar-refractivity contribution in [3.05, 3.63) is 90.0 Å². The highest BCUT2D eigenvalue weighted by atomic mass is 16.5. The average molecular weight is 419 g/mol. The molecule has 0 heterocycles. The molecule has 7 heteroatoms. The second kappa shape index (κ2) is 10.7. The summed E-state index contributed by atoms with van der Waals surface area (Å²) in [7, 11) is 1.59. The van der Waals surface area contributed by atoms with Crippen molar-refractivity contribution in [1.29, 1.82) is 0 Å². The quantitative estimate of drug-likeness (QED) is 0.489. The van der Waals surface area contributed by atoms with Crippen LogP contribution in [0.3, 0.4) is 0 Å². The van der Waals surface area contributed by atoms with Gasteiger partial charge < -0.3 is 25.8 Å². The number of primary amides is 1. The van der Waals surface area contributed by atoms with E-state index in [2.05, 4.69) is 10.6 Å². The first-order valence-corrected chi connectivity index (χ1v) is 9.82. The lowest BCUT2D eigenvalue weighted by Crippen LogP contribution is -2.36. The van der Waals surface area contributed by atoms with E-state index in [-0.39, 0.29) is 12.3 Å². The topological polar surface area (TPSA) is 103 Å². The first-order valence-electron chi connectivity index (χ1n) is 9.82. The molecular formula is C24H25N3O4. The molecule has 31 heavy (non-hydrogen) atoms. The molecule has 0 aliphatic rings. The number of carbonyl (C=O) groups excluding carboxylic acids is 2. The molecule has 0 radical (unpaired) electrons. The van der Waals surface area contributed by atoms with Gasteiger partial charge in [-0.05, 0) is 47.5 Å². The van der Waals surface area contributed by atoms with Gasteiger partial charge in [0.1, 0.15) is 17.2 Å². The van der Waals surface area contributed by atoms with E-state index in [9.17, 15) is 9.59 Å². The predicted molar refractivity (Wildman–Crippen MR) is 118 cm³/mol. The highest BCUT2D eigenvalue weighted by Gasteiger charge is 2.18. The Morgan fingerprint density at radius 2 is 1.61 bits per heavy atom. The normalized spacial score (nSPS) is 11.3. The zero-order chi connectivity index (χ0) is 22.1. The van der Waals surface area contributed by atoms with Crippen LogP contribution in [0.25, 0.3) is 0 Å². The molecular weight excluding hydrogens is 394 g/mol. The van der Waals surface area contributed by atoms with Crippen LogP contribution < -0.4 is 25.8 Å². The van der Waals surface area contributed by atoms with Crippen LogP contribution in [0.4, 0.5) is 4.79 Å². The minimum atomic E-state index is -0.708. The summed E-state index contributed by atoms with van der Waals surface area (Å²) in [6.07, 6.45) is 0.0295. The summed E-state index contributed by atoms with van der Waals surface area (Å²) in [5.41, 5.74) is 6.96. The second-order valence-electron chi connectivity index (χ2n) is 6.88. The Bertz CT molecular complexity index is 1020. The van der Waals surface area contributed by atoms with Gasteiger partial charge in [-0.15, -0.1) is 0 Å². The van der Waals surface area contributed by atoms with Crippen molar-refractivity contribution in [3.63, 3.8) is 0 Å². The van der Waals surface area contributed by atoms with E-state index >= 15 is 0 Å². The van der Waals surface area contributed by atoms with E-state index in [0.717, 1.165) is 11.3 Å². The molecule has 4 N–H and O–H groups in total. The number of amides is 3. The van der Waals surface area contributed by atoms with Crippen molar-refractivity contribution >= 4 is 11.9 Å². The van der Waals surface area contributed by atoms with E-state index in [1.807, 2.05) is 60.7 Å². The van der Waals surface area contributed by atoms with Crippen molar-refractivity contribution < 1.29 is 19.1 Å². The number of nitrogens with one attached hydrogen (secondary N) is 2. The summed E-state index contributed by atoms with van der Waals surface area (Å²) in [4.78, 5) is 24.1. The maximum absolute atomic E-state index is 12.5. The first-order chi connectivity index (χ1) is 15.0. The number of carbonyl (C=O) groups is 2. The van der Waals surface area contributed by atoms with Crippen molar-refractivity contribution in [1.82, 2.24) is 10.6 Å². The van der Waals surface area contributed by atoms with E-state index in [0.29, 0.717) is 23.6 Å². The number of nitrogens with two attached hydrogens (primary N) is 1. The molecule has 3 rings (SSSR count). The van der Waals surface area contributed by atoms with Crippen LogP contribution in [-0.4, -0.2) is 19.0 Å². The van der Waals surface area contributed by atoms with Crippen LogP contribution in [-0.2, 0) is 11.3 Å². The van der Waals surface area contributed by atoms with Crippen LogP contribution in [0.1, 0.15) is 23.6 Å². The molecule has 3 amide bonds. The maximum atomic E-state index is 12.5. The highest BCUT2D eigenvalue weighted by Crippen LogP contribution is 2.26. The minimum Gasteiger partial charge on any atom is -0.497 e. The van der Waals surface area contributed by atoms with E-state index in [1.165, 1.54) is 0 Å². The fourth-order valence-electron chi connectivity index (χ4n) is 3.08. The molecule has 0 saturated carbocycles. The van der Waals surface area contributed by atoms with Gasteiger partial charge in [0, 0.05) is 6.54 Å². The molecule has 0 aromatic heterocycles. The number of hydrogen-bond donors (Lipinski definition) is 3. The molecule has 160 valence electrons. The Kier molecular flexibility index (Phi) is 7.48. The molecule has 0 spiro atoms. The first kappa shape index (κ1) is 21.7. The molecule has 1 atom stereocenters. The molecule has 0 saturated heterocycles. The SMILES string of the molecule is COc1cccc(CNC(=O)C[C@H](NC(N)=O)c2cccc(Oc3ccccc3)c2)c1. The molecule has 0 bridgehead atoms. The largest absolute Gasteiger partial charge is 0.497 e. The van der Waals surface area contributed by atoms with Gasteiger partial charge in [-0.25, -0.2) is 4.79 Å². The maximum Gasteiger partial charge on any atom is 0.312 e. The monoisotopic (exact) mass is 419 g/mol. The second-order valence-corrected chi connectivity index (χ2v) is 6.88. The zero-order valence-corrected chi connectivity index (χ0v) is 17.2. The fourth-order valence-corrected chi connectivity index (χ4v) is 3.08. The summed E-state index contributed by atoms with van der Waals surface area (Å²) in [6, 6.07) is 22.7. The van der Waals surface area contributed by atoms with Gasteiger partial charge in [0.15, 0.2) is 0 Å². The summed E-state index contributed by atoms with van der Waals surface area (Å²) < 4.78 is 11.0. The van der Waals surface area contributed by atoms with Crippen molar-refractivity contribution in [2.24, 2.45) is 5.73 Å². The van der Waals surface area contributed by atoms with Crippen LogP contribution >= 0.6 is 0 Å². The summed E-state index contributed by atoms with van der Waals surface area (Å²) in [5.74, 6) is 1.78. The van der Waals surface area contributed by atoms with E-state index < -0.39 is 12.1 Å². The number of ether oxygens (including phenoxy) is 2. The Labute approximate surface area is 181 Å². The van der Waals surface area contributed by atoms with E-state index in [1.54, 1.807) is 25.3 Å². The van der Waals surface area contributed by atoms with Gasteiger partial charge >= 0.3 is 6.03 Å². The van der Waals surface area contributed by atoms with Crippen molar-refractivity contribution in [3.8, 4) is 17.2 Å². The van der Waals surface area contributed by atoms with Crippen molar-refractivity contribution in [2.45, 2.75) is 19.0 Å². The van der Waals surface area contributed by atoms with Gasteiger partial charge in [0.05, 0.1) is 19.6 Å². The minimum absolute atomic E-state index is 0.0295.